The van der Waals surface area contributed by atoms with Gasteiger partial charge in [-0.15, -0.1) is 0 Å². The van der Waals surface area contributed by atoms with Gasteiger partial charge in [0.05, 0.1) is 10.7 Å². The lowest BCUT2D eigenvalue weighted by atomic mass is 9.85. The number of aromatic nitrogens is 2. The number of anilines is 2. The molecule has 1 aliphatic carbocycles. The van der Waals surface area contributed by atoms with Gasteiger partial charge in [-0.3, -0.25) is 14.4 Å². The van der Waals surface area contributed by atoms with Crippen LogP contribution in [-0.2, 0) is 9.59 Å². The molecule has 1 saturated carbocycles. The van der Waals surface area contributed by atoms with Crippen LogP contribution in [0.3, 0.4) is 0 Å². The minimum atomic E-state index is -0.479. The summed E-state index contributed by atoms with van der Waals surface area (Å²) in [4.78, 5) is 46.8. The van der Waals surface area contributed by atoms with E-state index in [1.807, 2.05) is 0 Å². The van der Waals surface area contributed by atoms with Gasteiger partial charge in [0.15, 0.2) is 5.69 Å². The number of carbonyl (C=O) groups excluding carboxylic acids is 3. The second-order valence-electron chi connectivity index (χ2n) is 7.34. The van der Waals surface area contributed by atoms with Gasteiger partial charge in [-0.05, 0) is 49.9 Å². The number of nitrogens with zero attached hydrogens (tertiary/aromatic N) is 3. The van der Waals surface area contributed by atoms with Gasteiger partial charge in [0.25, 0.3) is 5.91 Å². The fourth-order valence-electron chi connectivity index (χ4n) is 3.53. The molecule has 0 unspecified atom stereocenters. The lowest BCUT2D eigenvalue weighted by Gasteiger charge is -2.33. The lowest BCUT2D eigenvalue weighted by molar-refractivity contribution is -0.130. The summed E-state index contributed by atoms with van der Waals surface area (Å²) in [5.74, 6) is -0.432. The number of amides is 3. The number of carbonyl (C=O) groups is 3. The highest BCUT2D eigenvalue weighted by Gasteiger charge is 2.29. The summed E-state index contributed by atoms with van der Waals surface area (Å²) in [5.41, 5.74) is 0.449. The molecule has 0 aromatic carbocycles. The van der Waals surface area contributed by atoms with Crippen molar-refractivity contribution < 1.29 is 14.4 Å². The molecule has 2 aromatic rings. The zero-order valence-corrected chi connectivity index (χ0v) is 17.6. The molecular formula is C21H24ClN5O3. The Bertz CT molecular complexity index is 926. The normalized spacial score (nSPS) is 18.4. The Morgan fingerprint density at radius 3 is 2.43 bits per heavy atom. The van der Waals surface area contributed by atoms with Gasteiger partial charge in [0.1, 0.15) is 5.82 Å². The molecule has 0 spiro atoms. The van der Waals surface area contributed by atoms with Crippen LogP contribution in [0.15, 0.2) is 36.7 Å². The zero-order valence-electron chi connectivity index (χ0n) is 16.9. The predicted molar refractivity (Wildman–Crippen MR) is 114 cm³/mol. The minimum Gasteiger partial charge on any atom is -0.343 e. The predicted octanol–water partition coefficient (Wildman–Crippen LogP) is 3.36. The first-order valence-corrected chi connectivity index (χ1v) is 10.1. The third-order valence-corrected chi connectivity index (χ3v) is 5.59. The van der Waals surface area contributed by atoms with E-state index < -0.39 is 5.91 Å². The highest BCUT2D eigenvalue weighted by atomic mass is 35.5. The fraction of sp³-hybridized carbons (Fsp3) is 0.381. The average molecular weight is 430 g/mol. The average Bonchev–Trinajstić information content (AvgIpc) is 2.75. The second kappa shape index (κ2) is 9.67. The van der Waals surface area contributed by atoms with Crippen molar-refractivity contribution in [1.29, 1.82) is 0 Å². The van der Waals surface area contributed by atoms with Crippen molar-refractivity contribution in [3.63, 3.8) is 0 Å². The second-order valence-corrected chi connectivity index (χ2v) is 7.78. The smallest absolute Gasteiger partial charge is 0.277 e. The number of rotatable bonds is 5. The van der Waals surface area contributed by atoms with Crippen LogP contribution in [0.1, 0.15) is 43.1 Å². The maximum atomic E-state index is 12.8. The van der Waals surface area contributed by atoms with Gasteiger partial charge in [0.2, 0.25) is 11.8 Å². The molecule has 0 aliphatic heterocycles. The summed E-state index contributed by atoms with van der Waals surface area (Å²) in [6, 6.07) is 6.66. The van der Waals surface area contributed by atoms with E-state index in [1.165, 1.54) is 12.4 Å². The molecule has 9 heteroatoms. The molecule has 3 amide bonds. The Morgan fingerprint density at radius 1 is 1.07 bits per heavy atom. The fourth-order valence-corrected chi connectivity index (χ4v) is 3.64. The molecule has 2 aromatic heterocycles. The van der Waals surface area contributed by atoms with E-state index in [1.54, 1.807) is 43.1 Å². The number of nitrogens with one attached hydrogen (secondary N) is 2. The van der Waals surface area contributed by atoms with E-state index in [9.17, 15) is 14.4 Å². The largest absolute Gasteiger partial charge is 0.343 e. The van der Waals surface area contributed by atoms with Crippen molar-refractivity contribution in [2.45, 2.75) is 38.6 Å². The standard InChI is InChI=1S/C21H24ClN5O3/c1-13(28)27(2)16-8-5-14(6-9-16)20(29)25-17-4-3-11-23-19(17)21(30)26-18-10-7-15(22)12-24-18/h3-4,7,10-12,14,16H,5-6,8-9H2,1-2H3,(H,25,29)(H,24,26,30)/t14-,16-. The Kier molecular flexibility index (Phi) is 6.99. The van der Waals surface area contributed by atoms with Crippen LogP contribution >= 0.6 is 11.6 Å². The van der Waals surface area contributed by atoms with Gasteiger partial charge in [-0.2, -0.15) is 0 Å². The van der Waals surface area contributed by atoms with E-state index in [0.29, 0.717) is 29.4 Å². The molecule has 1 fully saturated rings. The van der Waals surface area contributed by atoms with Gasteiger partial charge >= 0.3 is 0 Å². The summed E-state index contributed by atoms with van der Waals surface area (Å²) in [6.07, 6.45) is 5.84. The maximum absolute atomic E-state index is 12.8. The summed E-state index contributed by atoms with van der Waals surface area (Å²) < 4.78 is 0. The van der Waals surface area contributed by atoms with E-state index in [0.717, 1.165) is 12.8 Å². The molecule has 30 heavy (non-hydrogen) atoms. The number of hydrogen-bond acceptors (Lipinski definition) is 5. The molecule has 2 N–H and O–H groups in total. The molecule has 8 nitrogen and oxygen atoms in total. The van der Waals surface area contributed by atoms with Gasteiger partial charge < -0.3 is 15.5 Å². The topological polar surface area (TPSA) is 104 Å². The first kappa shape index (κ1) is 21.7. The van der Waals surface area contributed by atoms with Gasteiger partial charge in [-0.25, -0.2) is 9.97 Å². The van der Waals surface area contributed by atoms with Crippen LogP contribution in [0.2, 0.25) is 5.02 Å². The number of hydrogen-bond donors (Lipinski definition) is 2. The molecule has 0 atom stereocenters. The van der Waals surface area contributed by atoms with E-state index in [-0.39, 0.29) is 29.5 Å². The molecule has 2 heterocycles. The van der Waals surface area contributed by atoms with E-state index >= 15 is 0 Å². The third-order valence-electron chi connectivity index (χ3n) is 5.36. The van der Waals surface area contributed by atoms with Crippen molar-refractivity contribution in [3.05, 3.63) is 47.4 Å². The van der Waals surface area contributed by atoms with Crippen LogP contribution in [-0.4, -0.2) is 45.7 Å². The van der Waals surface area contributed by atoms with Crippen LogP contribution in [0.4, 0.5) is 11.5 Å². The third kappa shape index (κ3) is 5.33. The molecule has 1 aliphatic rings. The molecule has 0 saturated heterocycles. The molecule has 0 bridgehead atoms. The Labute approximate surface area is 180 Å². The molecular weight excluding hydrogens is 406 g/mol. The van der Waals surface area contributed by atoms with Crippen molar-refractivity contribution in [1.82, 2.24) is 14.9 Å². The molecule has 3 rings (SSSR count). The SMILES string of the molecule is CC(=O)N(C)[C@H]1CC[C@H](C(=O)Nc2cccnc2C(=O)Nc2ccc(Cl)cn2)CC1. The van der Waals surface area contributed by atoms with Crippen molar-refractivity contribution in [2.24, 2.45) is 5.92 Å². The highest BCUT2D eigenvalue weighted by Crippen LogP contribution is 2.28. The summed E-state index contributed by atoms with van der Waals surface area (Å²) in [7, 11) is 1.80. The summed E-state index contributed by atoms with van der Waals surface area (Å²) in [6.45, 7) is 1.55. The quantitative estimate of drug-likeness (QED) is 0.758. The lowest BCUT2D eigenvalue weighted by Crippen LogP contribution is -2.40. The van der Waals surface area contributed by atoms with E-state index in [4.69, 9.17) is 11.6 Å². The van der Waals surface area contributed by atoms with Crippen LogP contribution < -0.4 is 10.6 Å². The number of pyridine rings is 2. The van der Waals surface area contributed by atoms with Crippen molar-refractivity contribution >= 4 is 40.8 Å². The molecule has 0 radical (unpaired) electrons. The van der Waals surface area contributed by atoms with Crippen LogP contribution in [0, 0.1) is 5.92 Å². The minimum absolute atomic E-state index is 0.0316. The monoisotopic (exact) mass is 429 g/mol. The first-order chi connectivity index (χ1) is 14.3. The van der Waals surface area contributed by atoms with Gasteiger partial charge in [-0.1, -0.05) is 11.6 Å². The Hall–Kier alpha value is -3.00. The van der Waals surface area contributed by atoms with Crippen LogP contribution in [0.5, 0.6) is 0 Å². The summed E-state index contributed by atoms with van der Waals surface area (Å²) >= 11 is 5.81. The van der Waals surface area contributed by atoms with Crippen LogP contribution in [0.25, 0.3) is 0 Å². The van der Waals surface area contributed by atoms with Gasteiger partial charge in [0, 0.05) is 38.3 Å². The Morgan fingerprint density at radius 2 is 1.80 bits per heavy atom. The first-order valence-electron chi connectivity index (χ1n) is 9.77. The Balaban J connectivity index is 1.63. The van der Waals surface area contributed by atoms with Crippen molar-refractivity contribution in [2.75, 3.05) is 17.7 Å². The number of halogens is 1. The highest BCUT2D eigenvalue weighted by molar-refractivity contribution is 6.30. The van der Waals surface area contributed by atoms with E-state index in [2.05, 4.69) is 20.6 Å². The molecule has 158 valence electrons. The maximum Gasteiger partial charge on any atom is 0.277 e. The van der Waals surface area contributed by atoms with Crippen molar-refractivity contribution in [3.8, 4) is 0 Å². The summed E-state index contributed by atoms with van der Waals surface area (Å²) in [5, 5.41) is 5.95. The zero-order chi connectivity index (χ0) is 21.7.